The van der Waals surface area contributed by atoms with Crippen molar-refractivity contribution < 1.29 is 8.42 Å². The number of hydrogen-bond donors (Lipinski definition) is 1. The molecule has 1 saturated heterocycles. The summed E-state index contributed by atoms with van der Waals surface area (Å²) in [4.78, 5) is 4.61. The molecule has 21 heavy (non-hydrogen) atoms. The lowest BCUT2D eigenvalue weighted by molar-refractivity contribution is 0.312. The number of sulfonamides is 1. The van der Waals surface area contributed by atoms with Gasteiger partial charge in [-0.3, -0.25) is 0 Å². The van der Waals surface area contributed by atoms with Crippen LogP contribution in [-0.4, -0.2) is 40.4 Å². The van der Waals surface area contributed by atoms with E-state index < -0.39 is 10.0 Å². The van der Waals surface area contributed by atoms with Crippen molar-refractivity contribution in [2.24, 2.45) is 11.7 Å². The third-order valence-corrected chi connectivity index (χ3v) is 5.88. The van der Waals surface area contributed by atoms with E-state index in [9.17, 15) is 8.42 Å². The van der Waals surface area contributed by atoms with Gasteiger partial charge < -0.3 is 10.3 Å². The molecule has 2 heterocycles. The monoisotopic (exact) mass is 330 g/mol. The molecule has 1 fully saturated rings. The van der Waals surface area contributed by atoms with Crippen LogP contribution in [0.2, 0.25) is 0 Å². The van der Waals surface area contributed by atoms with E-state index in [0.29, 0.717) is 18.1 Å². The lowest BCUT2D eigenvalue weighted by Gasteiger charge is -2.30. The quantitative estimate of drug-likeness (QED) is 0.823. The first-order valence-corrected chi connectivity index (χ1v) is 9.04. The predicted octanol–water partition coefficient (Wildman–Crippen LogP) is 1.29. The van der Waals surface area contributed by atoms with Crippen LogP contribution in [0.15, 0.2) is 11.2 Å². The third kappa shape index (κ3) is 3.44. The first-order valence-electron chi connectivity index (χ1n) is 7.19. The van der Waals surface area contributed by atoms with E-state index in [1.54, 1.807) is 6.20 Å². The maximum absolute atomic E-state index is 12.7. The molecule has 2 N–H and O–H groups in total. The van der Waals surface area contributed by atoms with Gasteiger partial charge in [-0.15, -0.1) is 0 Å². The SMILES string of the molecule is CCCn1cc(S(=O)(=O)N2CCCC(C(N)=S)C2)nc1C. The van der Waals surface area contributed by atoms with Crippen LogP contribution in [0, 0.1) is 12.8 Å². The van der Waals surface area contributed by atoms with Gasteiger partial charge in [-0.1, -0.05) is 19.1 Å². The average molecular weight is 330 g/mol. The largest absolute Gasteiger partial charge is 0.393 e. The molecule has 1 aliphatic rings. The van der Waals surface area contributed by atoms with Gasteiger partial charge in [0.25, 0.3) is 10.0 Å². The van der Waals surface area contributed by atoms with Crippen molar-refractivity contribution in [1.29, 1.82) is 0 Å². The van der Waals surface area contributed by atoms with Gasteiger partial charge in [0, 0.05) is 31.7 Å². The maximum Gasteiger partial charge on any atom is 0.262 e. The lowest BCUT2D eigenvalue weighted by Crippen LogP contribution is -2.43. The zero-order valence-corrected chi connectivity index (χ0v) is 14.1. The first-order chi connectivity index (χ1) is 9.86. The van der Waals surface area contributed by atoms with E-state index in [1.807, 2.05) is 18.4 Å². The van der Waals surface area contributed by atoms with Gasteiger partial charge in [0.2, 0.25) is 0 Å². The minimum atomic E-state index is -3.56. The number of piperidine rings is 1. The molecule has 0 aliphatic carbocycles. The number of imidazole rings is 1. The highest BCUT2D eigenvalue weighted by atomic mass is 32.2. The number of aromatic nitrogens is 2. The summed E-state index contributed by atoms with van der Waals surface area (Å²) >= 11 is 5.00. The van der Waals surface area contributed by atoms with Crippen molar-refractivity contribution >= 4 is 27.2 Å². The zero-order chi connectivity index (χ0) is 15.6. The van der Waals surface area contributed by atoms with Crippen LogP contribution in [0.25, 0.3) is 0 Å². The van der Waals surface area contributed by atoms with Gasteiger partial charge in [-0.2, -0.15) is 4.31 Å². The van der Waals surface area contributed by atoms with Crippen LogP contribution >= 0.6 is 12.2 Å². The Bertz CT molecular complexity index is 624. The Hall–Kier alpha value is -0.990. The van der Waals surface area contributed by atoms with E-state index in [0.717, 1.165) is 31.6 Å². The molecule has 6 nitrogen and oxygen atoms in total. The summed E-state index contributed by atoms with van der Waals surface area (Å²) in [5.41, 5.74) is 5.67. The Kier molecular flexibility index (Phi) is 5.00. The van der Waals surface area contributed by atoms with Crippen molar-refractivity contribution in [2.45, 2.75) is 44.7 Å². The van der Waals surface area contributed by atoms with E-state index in [1.165, 1.54) is 4.31 Å². The molecule has 0 aromatic carbocycles. The van der Waals surface area contributed by atoms with Gasteiger partial charge in [0.05, 0.1) is 4.99 Å². The highest BCUT2D eigenvalue weighted by molar-refractivity contribution is 7.89. The topological polar surface area (TPSA) is 81.2 Å². The Labute approximate surface area is 131 Å². The maximum atomic E-state index is 12.7. The third-order valence-electron chi connectivity index (χ3n) is 3.81. The number of nitrogens with two attached hydrogens (primary N) is 1. The number of rotatable bonds is 5. The number of nitrogens with zero attached hydrogens (tertiary/aromatic N) is 3. The van der Waals surface area contributed by atoms with Crippen molar-refractivity contribution in [3.05, 3.63) is 12.0 Å². The van der Waals surface area contributed by atoms with Crippen LogP contribution in [0.1, 0.15) is 32.0 Å². The standard InChI is InChI=1S/C13H22N4O2S2/c1-3-6-16-9-12(15-10(16)2)21(18,19)17-7-4-5-11(8-17)13(14)20/h9,11H,3-8H2,1-2H3,(H2,14,20). The fourth-order valence-electron chi connectivity index (χ4n) is 2.60. The summed E-state index contributed by atoms with van der Waals surface area (Å²) in [6.07, 6.45) is 4.18. The molecular weight excluding hydrogens is 308 g/mol. The predicted molar refractivity (Wildman–Crippen MR) is 85.5 cm³/mol. The van der Waals surface area contributed by atoms with Crippen molar-refractivity contribution in [3.8, 4) is 0 Å². The van der Waals surface area contributed by atoms with E-state index in [-0.39, 0.29) is 10.9 Å². The number of thiocarbonyl (C=S) groups is 1. The van der Waals surface area contributed by atoms with Crippen LogP contribution in [0.4, 0.5) is 0 Å². The minimum absolute atomic E-state index is 0.0395. The summed E-state index contributed by atoms with van der Waals surface area (Å²) in [5.74, 6) is 0.681. The smallest absolute Gasteiger partial charge is 0.262 e. The van der Waals surface area contributed by atoms with Crippen LogP contribution < -0.4 is 5.73 Å². The molecule has 0 saturated carbocycles. The molecule has 8 heteroatoms. The molecule has 2 rings (SSSR count). The fourth-order valence-corrected chi connectivity index (χ4v) is 4.31. The molecule has 0 bridgehead atoms. The number of hydrogen-bond acceptors (Lipinski definition) is 4. The summed E-state index contributed by atoms with van der Waals surface area (Å²) < 4.78 is 28.7. The molecule has 1 atom stereocenters. The summed E-state index contributed by atoms with van der Waals surface area (Å²) in [6.45, 7) is 5.50. The number of aryl methyl sites for hydroxylation is 2. The van der Waals surface area contributed by atoms with Crippen molar-refractivity contribution in [1.82, 2.24) is 13.9 Å². The van der Waals surface area contributed by atoms with Gasteiger partial charge in [0.15, 0.2) is 5.03 Å². The van der Waals surface area contributed by atoms with Crippen LogP contribution in [0.5, 0.6) is 0 Å². The Morgan fingerprint density at radius 2 is 2.29 bits per heavy atom. The second kappa shape index (κ2) is 6.41. The average Bonchev–Trinajstić information content (AvgIpc) is 2.81. The minimum Gasteiger partial charge on any atom is -0.393 e. The van der Waals surface area contributed by atoms with Crippen LogP contribution in [-0.2, 0) is 16.6 Å². The summed E-state index contributed by atoms with van der Waals surface area (Å²) in [7, 11) is -3.56. The highest BCUT2D eigenvalue weighted by Gasteiger charge is 2.33. The molecule has 1 unspecified atom stereocenters. The Morgan fingerprint density at radius 3 is 2.90 bits per heavy atom. The molecular formula is C13H22N4O2S2. The summed E-state index contributed by atoms with van der Waals surface area (Å²) in [6, 6.07) is 0. The first kappa shape index (κ1) is 16.4. The zero-order valence-electron chi connectivity index (χ0n) is 12.4. The van der Waals surface area contributed by atoms with Gasteiger partial charge in [-0.25, -0.2) is 13.4 Å². The molecule has 118 valence electrons. The normalized spacial score (nSPS) is 20.6. The van der Waals surface area contributed by atoms with Gasteiger partial charge in [-0.05, 0) is 26.2 Å². The molecule has 1 aromatic heterocycles. The molecule has 1 aromatic rings. The molecule has 0 spiro atoms. The Balaban J connectivity index is 2.25. The highest BCUT2D eigenvalue weighted by Crippen LogP contribution is 2.23. The van der Waals surface area contributed by atoms with Crippen molar-refractivity contribution in [3.63, 3.8) is 0 Å². The molecule has 0 amide bonds. The summed E-state index contributed by atoms with van der Waals surface area (Å²) in [5, 5.41) is 0.122. The van der Waals surface area contributed by atoms with Crippen molar-refractivity contribution in [2.75, 3.05) is 13.1 Å². The second-order valence-corrected chi connectivity index (χ2v) is 7.78. The fraction of sp³-hybridized carbons (Fsp3) is 0.692. The van der Waals surface area contributed by atoms with E-state index >= 15 is 0 Å². The molecule has 1 aliphatic heterocycles. The van der Waals surface area contributed by atoms with E-state index in [4.69, 9.17) is 18.0 Å². The molecule has 0 radical (unpaired) electrons. The van der Waals surface area contributed by atoms with Gasteiger partial charge in [0.1, 0.15) is 5.82 Å². The lowest BCUT2D eigenvalue weighted by atomic mass is 10.0. The Morgan fingerprint density at radius 1 is 1.57 bits per heavy atom. The van der Waals surface area contributed by atoms with E-state index in [2.05, 4.69) is 4.98 Å². The second-order valence-electron chi connectivity index (χ2n) is 5.42. The van der Waals surface area contributed by atoms with Gasteiger partial charge >= 0.3 is 0 Å². The van der Waals surface area contributed by atoms with Crippen LogP contribution in [0.3, 0.4) is 0 Å².